The van der Waals surface area contributed by atoms with Gasteiger partial charge in [0.25, 0.3) is 5.56 Å². The van der Waals surface area contributed by atoms with Crippen molar-refractivity contribution in [2.45, 2.75) is 50.4 Å². The molecule has 0 saturated carbocycles. The second-order valence-electron chi connectivity index (χ2n) is 7.26. The zero-order chi connectivity index (χ0) is 17.2. The first-order valence-corrected chi connectivity index (χ1v) is 10.6. The smallest absolute Gasteiger partial charge is 0.267 e. The molecule has 1 unspecified atom stereocenters. The van der Waals surface area contributed by atoms with Crippen molar-refractivity contribution < 1.29 is 4.79 Å². The SMILES string of the molecule is O=C1CCCN1CCN1CCCC1Cn1nc2c(cc1=O)CSCC2. The van der Waals surface area contributed by atoms with E-state index >= 15 is 0 Å². The van der Waals surface area contributed by atoms with Gasteiger partial charge in [0.2, 0.25) is 5.91 Å². The fraction of sp³-hybridized carbons (Fsp3) is 0.722. The maximum Gasteiger partial charge on any atom is 0.267 e. The molecule has 2 saturated heterocycles. The molecule has 0 spiro atoms. The highest BCUT2D eigenvalue weighted by molar-refractivity contribution is 7.98. The quantitative estimate of drug-likeness (QED) is 0.786. The molecule has 25 heavy (non-hydrogen) atoms. The molecule has 136 valence electrons. The average Bonchev–Trinajstić information content (AvgIpc) is 3.22. The number of carbonyl (C=O) groups excluding carboxylic acids is 1. The first-order chi connectivity index (χ1) is 12.2. The number of fused-ring (bicyclic) bond motifs is 1. The Morgan fingerprint density at radius 3 is 2.92 bits per heavy atom. The molecule has 3 aliphatic heterocycles. The van der Waals surface area contributed by atoms with Crippen molar-refractivity contribution in [2.24, 2.45) is 0 Å². The molecule has 4 heterocycles. The lowest BCUT2D eigenvalue weighted by molar-refractivity contribution is -0.127. The van der Waals surface area contributed by atoms with Crippen LogP contribution in [0.25, 0.3) is 0 Å². The molecule has 3 aliphatic rings. The number of thioether (sulfide) groups is 1. The Labute approximate surface area is 152 Å². The normalized spacial score (nSPS) is 24.1. The van der Waals surface area contributed by atoms with E-state index in [0.29, 0.717) is 24.9 Å². The minimum absolute atomic E-state index is 0.0304. The summed E-state index contributed by atoms with van der Waals surface area (Å²) in [5.74, 6) is 2.30. The molecule has 6 nitrogen and oxygen atoms in total. The van der Waals surface area contributed by atoms with Crippen molar-refractivity contribution in [3.8, 4) is 0 Å². The number of likely N-dealkylation sites (tertiary alicyclic amines) is 2. The monoisotopic (exact) mass is 362 g/mol. The molecule has 1 aromatic rings. The summed E-state index contributed by atoms with van der Waals surface area (Å²) < 4.78 is 1.68. The van der Waals surface area contributed by atoms with Crippen LogP contribution in [0.5, 0.6) is 0 Å². The molecule has 4 rings (SSSR count). The minimum Gasteiger partial charge on any atom is -0.341 e. The van der Waals surface area contributed by atoms with Gasteiger partial charge in [0, 0.05) is 50.3 Å². The number of hydrogen-bond donors (Lipinski definition) is 0. The number of aromatic nitrogens is 2. The molecule has 0 aromatic carbocycles. The second kappa shape index (κ2) is 7.50. The first-order valence-electron chi connectivity index (χ1n) is 9.40. The first kappa shape index (κ1) is 17.1. The van der Waals surface area contributed by atoms with Gasteiger partial charge in [-0.05, 0) is 37.1 Å². The van der Waals surface area contributed by atoms with Gasteiger partial charge < -0.3 is 4.90 Å². The van der Waals surface area contributed by atoms with E-state index in [1.165, 1.54) is 0 Å². The van der Waals surface area contributed by atoms with Crippen molar-refractivity contribution in [1.29, 1.82) is 0 Å². The fourth-order valence-electron chi connectivity index (χ4n) is 4.17. The van der Waals surface area contributed by atoms with Crippen molar-refractivity contribution in [3.05, 3.63) is 27.7 Å². The van der Waals surface area contributed by atoms with E-state index in [9.17, 15) is 9.59 Å². The average molecular weight is 362 g/mol. The van der Waals surface area contributed by atoms with Gasteiger partial charge in [0.05, 0.1) is 12.2 Å². The molecule has 0 radical (unpaired) electrons. The third-order valence-electron chi connectivity index (χ3n) is 5.62. The van der Waals surface area contributed by atoms with Crippen LogP contribution in [0.15, 0.2) is 10.9 Å². The minimum atomic E-state index is 0.0304. The molecule has 0 N–H and O–H groups in total. The summed E-state index contributed by atoms with van der Waals surface area (Å²) in [5.41, 5.74) is 2.25. The Morgan fingerprint density at radius 2 is 2.08 bits per heavy atom. The molecule has 0 bridgehead atoms. The number of hydrogen-bond acceptors (Lipinski definition) is 5. The lowest BCUT2D eigenvalue weighted by Gasteiger charge is -2.27. The van der Waals surface area contributed by atoms with Gasteiger partial charge in [-0.25, -0.2) is 4.68 Å². The molecular formula is C18H26N4O2S. The highest BCUT2D eigenvalue weighted by atomic mass is 32.2. The maximum absolute atomic E-state index is 12.4. The largest absolute Gasteiger partial charge is 0.341 e. The van der Waals surface area contributed by atoms with E-state index in [1.807, 2.05) is 16.7 Å². The third kappa shape index (κ3) is 3.77. The van der Waals surface area contributed by atoms with Gasteiger partial charge in [-0.3, -0.25) is 14.5 Å². The number of carbonyl (C=O) groups is 1. The van der Waals surface area contributed by atoms with Gasteiger partial charge >= 0.3 is 0 Å². The highest BCUT2D eigenvalue weighted by Crippen LogP contribution is 2.22. The van der Waals surface area contributed by atoms with Crippen molar-refractivity contribution >= 4 is 17.7 Å². The molecule has 1 amide bonds. The Balaban J connectivity index is 1.41. The van der Waals surface area contributed by atoms with E-state index < -0.39 is 0 Å². The predicted octanol–water partition coefficient (Wildman–Crippen LogP) is 1.12. The summed E-state index contributed by atoms with van der Waals surface area (Å²) in [5, 5.41) is 4.66. The number of amides is 1. The van der Waals surface area contributed by atoms with E-state index in [2.05, 4.69) is 10.00 Å². The lowest BCUT2D eigenvalue weighted by atomic mass is 10.2. The molecule has 1 aromatic heterocycles. The third-order valence-corrected chi connectivity index (χ3v) is 6.62. The topological polar surface area (TPSA) is 58.4 Å². The Kier molecular flexibility index (Phi) is 5.12. The standard InChI is InChI=1S/C18H26N4O2S/c23-17-4-2-7-21(17)9-8-20-6-1-3-15(20)12-22-18(24)11-14-13-25-10-5-16(14)19-22/h11,15H,1-10,12-13H2. The van der Waals surface area contributed by atoms with Crippen molar-refractivity contribution in [3.63, 3.8) is 0 Å². The van der Waals surface area contributed by atoms with E-state index in [0.717, 1.165) is 74.6 Å². The summed E-state index contributed by atoms with van der Waals surface area (Å²) in [4.78, 5) is 28.6. The Morgan fingerprint density at radius 1 is 1.16 bits per heavy atom. The molecule has 7 heteroatoms. The van der Waals surface area contributed by atoms with Crippen molar-refractivity contribution in [2.75, 3.05) is 31.9 Å². The van der Waals surface area contributed by atoms with Crippen LogP contribution in [0.1, 0.15) is 36.9 Å². The maximum atomic E-state index is 12.4. The van der Waals surface area contributed by atoms with Crippen LogP contribution < -0.4 is 5.56 Å². The van der Waals surface area contributed by atoms with Gasteiger partial charge in [0.1, 0.15) is 0 Å². The number of aryl methyl sites for hydroxylation is 1. The molecule has 2 fully saturated rings. The van der Waals surface area contributed by atoms with Crippen LogP contribution in [0.3, 0.4) is 0 Å². The zero-order valence-corrected chi connectivity index (χ0v) is 15.5. The summed E-state index contributed by atoms with van der Waals surface area (Å²) in [6, 6.07) is 2.15. The summed E-state index contributed by atoms with van der Waals surface area (Å²) in [6.45, 7) is 4.36. The highest BCUT2D eigenvalue weighted by Gasteiger charge is 2.28. The van der Waals surface area contributed by atoms with Crippen LogP contribution >= 0.6 is 11.8 Å². The summed E-state index contributed by atoms with van der Waals surface area (Å²) in [6.07, 6.45) is 4.93. The van der Waals surface area contributed by atoms with Gasteiger partial charge in [-0.15, -0.1) is 0 Å². The van der Waals surface area contributed by atoms with Crippen LogP contribution in [-0.4, -0.2) is 63.5 Å². The molecule has 1 atom stereocenters. The fourth-order valence-corrected chi connectivity index (χ4v) is 5.12. The Hall–Kier alpha value is -1.34. The molecular weight excluding hydrogens is 336 g/mol. The molecule has 0 aliphatic carbocycles. The van der Waals surface area contributed by atoms with Gasteiger partial charge in [0.15, 0.2) is 0 Å². The van der Waals surface area contributed by atoms with Crippen LogP contribution in [-0.2, 0) is 23.5 Å². The van der Waals surface area contributed by atoms with Crippen LogP contribution in [0.4, 0.5) is 0 Å². The second-order valence-corrected chi connectivity index (χ2v) is 8.36. The van der Waals surface area contributed by atoms with Crippen LogP contribution in [0.2, 0.25) is 0 Å². The summed E-state index contributed by atoms with van der Waals surface area (Å²) >= 11 is 1.88. The summed E-state index contributed by atoms with van der Waals surface area (Å²) in [7, 11) is 0. The van der Waals surface area contributed by atoms with Gasteiger partial charge in [-0.2, -0.15) is 16.9 Å². The Bertz CT molecular complexity index is 705. The number of rotatable bonds is 5. The predicted molar refractivity (Wildman–Crippen MR) is 98.8 cm³/mol. The van der Waals surface area contributed by atoms with E-state index in [4.69, 9.17) is 0 Å². The van der Waals surface area contributed by atoms with E-state index in [1.54, 1.807) is 10.7 Å². The van der Waals surface area contributed by atoms with E-state index in [-0.39, 0.29) is 5.56 Å². The number of nitrogens with zero attached hydrogens (tertiary/aromatic N) is 4. The van der Waals surface area contributed by atoms with Crippen molar-refractivity contribution in [1.82, 2.24) is 19.6 Å². The van der Waals surface area contributed by atoms with Crippen LogP contribution in [0, 0.1) is 0 Å². The lowest BCUT2D eigenvalue weighted by Crippen LogP contribution is -2.41. The zero-order valence-electron chi connectivity index (χ0n) is 14.7. The van der Waals surface area contributed by atoms with Gasteiger partial charge in [-0.1, -0.05) is 0 Å².